The third-order valence-corrected chi connectivity index (χ3v) is 2.79. The molecular weight excluding hydrogens is 252 g/mol. The highest BCUT2D eigenvalue weighted by atomic mass is 16.5. The van der Waals surface area contributed by atoms with Crippen LogP contribution in [0.2, 0.25) is 0 Å². The fourth-order valence-electron chi connectivity index (χ4n) is 1.70. The van der Waals surface area contributed by atoms with Crippen molar-refractivity contribution in [1.82, 2.24) is 0 Å². The molecule has 0 N–H and O–H groups in total. The Morgan fingerprint density at radius 2 is 1.90 bits per heavy atom. The molecule has 1 aromatic heterocycles. The molecule has 0 saturated heterocycles. The molecule has 1 aromatic carbocycles. The Morgan fingerprint density at radius 1 is 1.15 bits per heavy atom. The number of hydrogen-bond acceptors (Lipinski definition) is 3. The molecule has 0 spiro atoms. The molecule has 0 atom stereocenters. The van der Waals surface area contributed by atoms with Crippen molar-refractivity contribution in [1.29, 1.82) is 0 Å². The molecule has 2 aromatic rings. The Hall–Kier alpha value is -2.55. The molecule has 1 heterocycles. The monoisotopic (exact) mass is 268 g/mol. The van der Waals surface area contributed by atoms with Gasteiger partial charge in [-0.25, -0.2) is 0 Å². The lowest BCUT2D eigenvalue weighted by molar-refractivity contribution is 0.104. The zero-order chi connectivity index (χ0) is 14.4. The van der Waals surface area contributed by atoms with Crippen LogP contribution in [0.25, 0.3) is 6.08 Å². The van der Waals surface area contributed by atoms with Gasteiger partial charge in [-0.15, -0.1) is 0 Å². The van der Waals surface area contributed by atoms with E-state index in [1.54, 1.807) is 49.8 Å². The molecule has 0 amide bonds. The highest BCUT2D eigenvalue weighted by molar-refractivity contribution is 6.04. The number of rotatable bonds is 5. The number of carbonyl (C=O) groups excluding carboxylic acids is 1. The fraction of sp³-hybridized carbons (Fsp3) is 0.118. The van der Waals surface area contributed by atoms with Gasteiger partial charge in [0.25, 0.3) is 0 Å². The van der Waals surface area contributed by atoms with Gasteiger partial charge in [-0.05, 0) is 61.0 Å². The van der Waals surface area contributed by atoms with Crippen LogP contribution in [0.5, 0.6) is 5.75 Å². The highest BCUT2D eigenvalue weighted by Crippen LogP contribution is 2.13. The van der Waals surface area contributed by atoms with Crippen molar-refractivity contribution < 1.29 is 13.9 Å². The van der Waals surface area contributed by atoms with E-state index in [9.17, 15) is 4.79 Å². The standard InChI is InChI=1S/C17H16O3/c1-13(12-16-4-3-11-20-16)5-10-17(18)14-6-8-15(19-2)9-7-14/h3-12H,1-2H3/b10-5+,13-12+. The minimum absolute atomic E-state index is 0.0418. The third kappa shape index (κ3) is 3.72. The van der Waals surface area contributed by atoms with Crippen LogP contribution < -0.4 is 4.74 Å². The van der Waals surface area contributed by atoms with Gasteiger partial charge in [0.1, 0.15) is 11.5 Å². The molecule has 102 valence electrons. The Labute approximate surface area is 118 Å². The molecule has 0 aliphatic carbocycles. The molecule has 0 unspecified atom stereocenters. The summed E-state index contributed by atoms with van der Waals surface area (Å²) in [6, 6.07) is 10.7. The number of ether oxygens (including phenoxy) is 1. The molecule has 0 bridgehead atoms. The number of methoxy groups -OCH3 is 1. The number of ketones is 1. The zero-order valence-electron chi connectivity index (χ0n) is 11.5. The normalized spacial score (nSPS) is 11.8. The van der Waals surface area contributed by atoms with Gasteiger partial charge in [0.2, 0.25) is 0 Å². The van der Waals surface area contributed by atoms with Gasteiger partial charge in [0, 0.05) is 5.56 Å². The van der Waals surface area contributed by atoms with Crippen molar-refractivity contribution in [3.05, 3.63) is 71.7 Å². The van der Waals surface area contributed by atoms with E-state index in [0.29, 0.717) is 5.56 Å². The molecule has 3 heteroatoms. The summed E-state index contributed by atoms with van der Waals surface area (Å²) in [5.74, 6) is 1.46. The summed E-state index contributed by atoms with van der Waals surface area (Å²) in [7, 11) is 1.60. The molecule has 0 aliphatic heterocycles. The van der Waals surface area contributed by atoms with Gasteiger partial charge in [-0.3, -0.25) is 4.79 Å². The first-order valence-electron chi connectivity index (χ1n) is 6.27. The van der Waals surface area contributed by atoms with E-state index < -0.39 is 0 Å². The van der Waals surface area contributed by atoms with E-state index in [1.807, 2.05) is 25.1 Å². The molecule has 2 rings (SSSR count). The van der Waals surface area contributed by atoms with Crippen LogP contribution in [-0.2, 0) is 0 Å². The first-order valence-corrected chi connectivity index (χ1v) is 6.27. The SMILES string of the molecule is COc1ccc(C(=O)/C=C/C(C)=C/c2ccco2)cc1. The fourth-order valence-corrected chi connectivity index (χ4v) is 1.70. The lowest BCUT2D eigenvalue weighted by Crippen LogP contribution is -1.94. The molecule has 0 radical (unpaired) electrons. The van der Waals surface area contributed by atoms with Crippen LogP contribution >= 0.6 is 0 Å². The van der Waals surface area contributed by atoms with Gasteiger partial charge in [0.15, 0.2) is 5.78 Å². The average Bonchev–Trinajstić information content (AvgIpc) is 2.97. The van der Waals surface area contributed by atoms with Crippen molar-refractivity contribution in [3.63, 3.8) is 0 Å². The minimum atomic E-state index is -0.0418. The summed E-state index contributed by atoms with van der Waals surface area (Å²) in [5, 5.41) is 0. The Bertz CT molecular complexity index is 617. The van der Waals surface area contributed by atoms with Crippen molar-refractivity contribution in [2.45, 2.75) is 6.92 Å². The van der Waals surface area contributed by atoms with E-state index >= 15 is 0 Å². The summed E-state index contributed by atoms with van der Waals surface area (Å²) >= 11 is 0. The number of furan rings is 1. The average molecular weight is 268 g/mol. The van der Waals surface area contributed by atoms with E-state index in [1.165, 1.54) is 0 Å². The first kappa shape index (κ1) is 13.9. The van der Waals surface area contributed by atoms with Crippen LogP contribution in [0.1, 0.15) is 23.0 Å². The first-order chi connectivity index (χ1) is 9.69. The smallest absolute Gasteiger partial charge is 0.185 e. The third-order valence-electron chi connectivity index (χ3n) is 2.79. The summed E-state index contributed by atoms with van der Waals surface area (Å²) in [6.45, 7) is 1.92. The van der Waals surface area contributed by atoms with Crippen LogP contribution in [-0.4, -0.2) is 12.9 Å². The lowest BCUT2D eigenvalue weighted by atomic mass is 10.1. The lowest BCUT2D eigenvalue weighted by Gasteiger charge is -2.00. The van der Waals surface area contributed by atoms with Crippen LogP contribution in [0.3, 0.4) is 0 Å². The van der Waals surface area contributed by atoms with Gasteiger partial charge in [0.05, 0.1) is 13.4 Å². The minimum Gasteiger partial charge on any atom is -0.497 e. The number of allylic oxidation sites excluding steroid dienone is 3. The molecule has 20 heavy (non-hydrogen) atoms. The van der Waals surface area contributed by atoms with Crippen molar-refractivity contribution in [2.24, 2.45) is 0 Å². The Kier molecular flexibility index (Phi) is 4.56. The summed E-state index contributed by atoms with van der Waals surface area (Å²) < 4.78 is 10.3. The van der Waals surface area contributed by atoms with E-state index in [0.717, 1.165) is 17.1 Å². The predicted molar refractivity (Wildman–Crippen MR) is 78.8 cm³/mol. The second kappa shape index (κ2) is 6.57. The molecular formula is C17H16O3. The summed E-state index contributed by atoms with van der Waals surface area (Å²) in [5.41, 5.74) is 1.58. The predicted octanol–water partition coefficient (Wildman–Crippen LogP) is 4.13. The van der Waals surface area contributed by atoms with Crippen LogP contribution in [0.15, 0.2) is 64.8 Å². The largest absolute Gasteiger partial charge is 0.497 e. The maximum absolute atomic E-state index is 12.0. The molecule has 0 saturated carbocycles. The van der Waals surface area contributed by atoms with Gasteiger partial charge < -0.3 is 9.15 Å². The van der Waals surface area contributed by atoms with Crippen molar-refractivity contribution in [2.75, 3.05) is 7.11 Å². The van der Waals surface area contributed by atoms with Gasteiger partial charge in [-0.1, -0.05) is 6.08 Å². The van der Waals surface area contributed by atoms with E-state index in [2.05, 4.69) is 0 Å². The topological polar surface area (TPSA) is 39.4 Å². The van der Waals surface area contributed by atoms with Gasteiger partial charge >= 0.3 is 0 Å². The zero-order valence-corrected chi connectivity index (χ0v) is 11.5. The molecule has 3 nitrogen and oxygen atoms in total. The summed E-state index contributed by atoms with van der Waals surface area (Å²) in [4.78, 5) is 12.0. The number of hydrogen-bond donors (Lipinski definition) is 0. The van der Waals surface area contributed by atoms with Gasteiger partial charge in [-0.2, -0.15) is 0 Å². The van der Waals surface area contributed by atoms with Crippen LogP contribution in [0, 0.1) is 0 Å². The second-order valence-corrected chi connectivity index (χ2v) is 4.33. The summed E-state index contributed by atoms with van der Waals surface area (Å²) in [6.07, 6.45) is 6.81. The van der Waals surface area contributed by atoms with Crippen molar-refractivity contribution in [3.8, 4) is 5.75 Å². The Balaban J connectivity index is 2.04. The maximum Gasteiger partial charge on any atom is 0.185 e. The quantitative estimate of drug-likeness (QED) is 0.465. The van der Waals surface area contributed by atoms with Crippen molar-refractivity contribution >= 4 is 11.9 Å². The van der Waals surface area contributed by atoms with E-state index in [-0.39, 0.29) is 5.78 Å². The molecule has 0 fully saturated rings. The number of benzene rings is 1. The second-order valence-electron chi connectivity index (χ2n) is 4.33. The molecule has 0 aliphatic rings. The highest BCUT2D eigenvalue weighted by Gasteiger charge is 2.01. The maximum atomic E-state index is 12.0. The van der Waals surface area contributed by atoms with E-state index in [4.69, 9.17) is 9.15 Å². The van der Waals surface area contributed by atoms with Crippen LogP contribution in [0.4, 0.5) is 0 Å². The number of carbonyl (C=O) groups is 1. The Morgan fingerprint density at radius 3 is 2.50 bits per heavy atom.